The number of hydrogen-bond donors (Lipinski definition) is 1. The molecule has 0 amide bonds. The minimum atomic E-state index is -3.30. The maximum absolute atomic E-state index is 13.1. The Morgan fingerprint density at radius 2 is 0.717 bits per heavy atom. The van der Waals surface area contributed by atoms with Gasteiger partial charge in [-0.15, -0.1) is 68.4 Å². The van der Waals surface area contributed by atoms with Gasteiger partial charge in [0, 0.05) is 121 Å². The van der Waals surface area contributed by atoms with E-state index in [2.05, 4.69) is 79.0 Å². The number of nitrogens with zero attached hydrogens (tertiary/aromatic N) is 12. The van der Waals surface area contributed by atoms with Crippen molar-refractivity contribution in [1.82, 2.24) is 59.8 Å². The van der Waals surface area contributed by atoms with Crippen LogP contribution in [-0.4, -0.2) is 123 Å². The first kappa shape index (κ1) is 79.1. The summed E-state index contributed by atoms with van der Waals surface area (Å²) in [4.78, 5) is 50.1. The minimum absolute atomic E-state index is 0.240. The van der Waals surface area contributed by atoms with Crippen LogP contribution in [-0.2, 0) is 79.8 Å². The molecule has 12 rings (SSSR count). The minimum Gasteiger partial charge on any atom is -0.378 e. The number of rotatable bonds is 18. The number of thioether (sulfide) groups is 1. The maximum atomic E-state index is 13.1. The van der Waals surface area contributed by atoms with Gasteiger partial charge in [0.25, 0.3) is 0 Å². The van der Waals surface area contributed by atoms with E-state index in [4.69, 9.17) is 0 Å². The van der Waals surface area contributed by atoms with Crippen molar-refractivity contribution in [1.29, 1.82) is 0 Å². The second-order valence-corrected chi connectivity index (χ2v) is 35.1. The van der Waals surface area contributed by atoms with E-state index in [-0.39, 0.29) is 10.0 Å². The lowest BCUT2D eigenvalue weighted by atomic mass is 10.3. The number of halogens is 3. The molecule has 0 aliphatic rings. The third-order valence-electron chi connectivity index (χ3n) is 13.2. The Bertz CT molecular complexity index is 4840. The molecule has 522 valence electrons. The van der Waals surface area contributed by atoms with Gasteiger partial charge < -0.3 is 5.32 Å². The normalized spacial score (nSPS) is 11.6. The molecule has 0 aliphatic heterocycles. The van der Waals surface area contributed by atoms with Crippen LogP contribution in [0.5, 0.6) is 0 Å². The van der Waals surface area contributed by atoms with Crippen LogP contribution in [0.4, 0.5) is 18.2 Å². The van der Waals surface area contributed by atoms with Crippen LogP contribution in [0.3, 0.4) is 0 Å². The third-order valence-corrected chi connectivity index (χ3v) is 28.0. The van der Waals surface area contributed by atoms with Crippen molar-refractivity contribution in [3.05, 3.63) is 181 Å². The fourth-order valence-electron chi connectivity index (χ4n) is 8.58. The highest BCUT2D eigenvalue weighted by atomic mass is 32.2. The van der Waals surface area contributed by atoms with E-state index < -0.39 is 52.9 Å². The molecule has 99 heavy (non-hydrogen) atoms. The van der Waals surface area contributed by atoms with Crippen molar-refractivity contribution in [3.63, 3.8) is 0 Å². The lowest BCUT2D eigenvalue weighted by Crippen LogP contribution is -1.97. The molecule has 33 heteroatoms. The van der Waals surface area contributed by atoms with Crippen molar-refractivity contribution in [2.24, 2.45) is 0 Å². The molecule has 0 saturated heterocycles. The van der Waals surface area contributed by atoms with Crippen molar-refractivity contribution in [2.75, 3.05) is 43.6 Å². The van der Waals surface area contributed by atoms with Gasteiger partial charge >= 0.3 is 0 Å². The molecular weight excluding hydrogens is 1480 g/mol. The molecule has 2 atom stereocenters. The summed E-state index contributed by atoms with van der Waals surface area (Å²) in [6, 6.07) is 15.6. The van der Waals surface area contributed by atoms with Crippen LogP contribution < -0.4 is 5.32 Å². The first-order chi connectivity index (χ1) is 47.4. The number of sulfone groups is 2. The molecule has 0 fully saturated rings. The number of anilines is 1. The summed E-state index contributed by atoms with van der Waals surface area (Å²) in [5.74, 6) is -1.19. The molecule has 19 nitrogen and oxygen atoms in total. The highest BCUT2D eigenvalue weighted by molar-refractivity contribution is 8.00. The zero-order valence-electron chi connectivity index (χ0n) is 55.8. The SMILES string of the molecule is CCc1nc(-c2cccnc2)sc1NC.CCc1nc(-c2cccnc2)sc1S(C)(=O)=O.CCc1nc(-c2cccnc2)sc1S(C)=O.CCc1nc(-c2cncc(F)c2)sc1S(C)(=O)=O.CCc1nc(-c2cncc(F)c2)sc1S(C)=O.CCc1nc(-c2cncc(F)c2)sc1SC. The number of aryl methyl sites for hydroxylation is 6. The van der Waals surface area contributed by atoms with E-state index in [1.54, 1.807) is 90.3 Å². The van der Waals surface area contributed by atoms with E-state index in [1.165, 1.54) is 75.1 Å². The average Bonchev–Trinajstić information content (AvgIpc) is 1.69. The number of aromatic nitrogens is 12. The quantitative estimate of drug-likeness (QED) is 0.0782. The van der Waals surface area contributed by atoms with Crippen LogP contribution in [0, 0.1) is 17.5 Å². The fraction of sp³-hybridized carbons (Fsp3) is 0.273. The van der Waals surface area contributed by atoms with Gasteiger partial charge in [0.1, 0.15) is 69.3 Å². The van der Waals surface area contributed by atoms with E-state index in [1.807, 2.05) is 83.6 Å². The summed E-state index contributed by atoms with van der Waals surface area (Å²) in [5.41, 5.74) is 9.89. The van der Waals surface area contributed by atoms with E-state index in [0.29, 0.717) is 61.0 Å². The largest absolute Gasteiger partial charge is 0.378 e. The molecule has 0 spiro atoms. The molecule has 12 aromatic heterocycles. The van der Waals surface area contributed by atoms with Crippen LogP contribution in [0.1, 0.15) is 75.7 Å². The second-order valence-electron chi connectivity index (χ2n) is 20.5. The standard InChI is InChI=1S/C11H11FN2O2S2.C11H11FN2OS2.C11H11FN2S2.C11H13N3S.C11H12N2O2S2.C11H12N2OS2/c1-3-9-11(18(2,15)16)17-10(14-9)7-4-8(12)6-13-5-7;1-3-9-11(17(2)15)16-10(14-9)7-4-8(12)6-13-5-7;1-3-9-11(15-2)16-10(14-9)7-4-8(12)6-13-5-7;1-3-9-11(12-2)15-10(14-9)8-5-4-6-13-7-8;1-3-9-11(17(2,14)15)16-10(13-9)8-5-4-6-12-7-8;1-3-9-11(16(2)14)15-10(13-9)8-5-4-6-12-7-8/h4-6H,3H2,1-2H3;4-6H,3H2,1-2H3;4-6H,3H2,1-2H3;4-7,12H,3H2,1-2H3;4-7H,3H2,1-2H3;4-7H,3H2,1-2H3. The Balaban J connectivity index is 0.000000167. The number of pyridine rings is 6. The molecule has 12 aromatic rings. The molecule has 0 saturated carbocycles. The summed E-state index contributed by atoms with van der Waals surface area (Å²) in [7, 11) is -6.58. The van der Waals surface area contributed by atoms with Gasteiger partial charge in [-0.1, -0.05) is 52.9 Å². The van der Waals surface area contributed by atoms with Gasteiger partial charge in [0.05, 0.1) is 78.6 Å². The lowest BCUT2D eigenvalue weighted by Gasteiger charge is -1.94. The smallest absolute Gasteiger partial charge is 0.186 e. The number of thiazole rings is 6. The van der Waals surface area contributed by atoms with E-state index in [0.717, 1.165) is 123 Å². The monoisotopic (exact) mass is 1550 g/mol. The lowest BCUT2D eigenvalue weighted by molar-refractivity contribution is 0.600. The molecular formula is C66H70F3N13O6S11. The summed E-state index contributed by atoms with van der Waals surface area (Å²) >= 11 is 10.0. The van der Waals surface area contributed by atoms with Crippen LogP contribution in [0.25, 0.3) is 63.4 Å². The summed E-state index contributed by atoms with van der Waals surface area (Å²) < 4.78 is 112. The summed E-state index contributed by atoms with van der Waals surface area (Å²) in [6.45, 7) is 11.9. The van der Waals surface area contributed by atoms with Crippen LogP contribution in [0.15, 0.2) is 150 Å². The fourth-order valence-corrected chi connectivity index (χ4v) is 20.3. The van der Waals surface area contributed by atoms with E-state index >= 15 is 0 Å². The Morgan fingerprint density at radius 3 is 0.990 bits per heavy atom. The van der Waals surface area contributed by atoms with Crippen LogP contribution >= 0.6 is 79.8 Å². The van der Waals surface area contributed by atoms with Crippen molar-refractivity contribution < 1.29 is 38.4 Å². The van der Waals surface area contributed by atoms with Crippen molar-refractivity contribution in [3.8, 4) is 63.4 Å². The summed E-state index contributed by atoms with van der Waals surface area (Å²) in [5, 5.41) is 8.93. The zero-order valence-corrected chi connectivity index (χ0v) is 64.8. The summed E-state index contributed by atoms with van der Waals surface area (Å²) in [6.07, 6.45) is 30.8. The first-order valence-corrected chi connectivity index (χ1v) is 43.2. The topological polar surface area (TPSA) is 269 Å². The zero-order chi connectivity index (χ0) is 72.0. The van der Waals surface area contributed by atoms with Crippen molar-refractivity contribution >= 4 is 126 Å². The molecule has 12 heterocycles. The highest BCUT2D eigenvalue weighted by Crippen LogP contribution is 2.37. The predicted octanol–water partition coefficient (Wildman–Crippen LogP) is 16.1. The first-order valence-electron chi connectivity index (χ1n) is 30.2. The maximum Gasteiger partial charge on any atom is 0.186 e. The van der Waals surface area contributed by atoms with Crippen LogP contribution in [0.2, 0.25) is 0 Å². The molecule has 0 bridgehead atoms. The Labute approximate surface area is 607 Å². The molecule has 0 radical (unpaired) electrons. The molecule has 2 unspecified atom stereocenters. The predicted molar refractivity (Wildman–Crippen MR) is 400 cm³/mol. The molecule has 1 N–H and O–H groups in total. The van der Waals surface area contributed by atoms with Gasteiger partial charge in [-0.05, 0) is 99.4 Å². The van der Waals surface area contributed by atoms with Gasteiger partial charge in [-0.25, -0.2) is 59.9 Å². The van der Waals surface area contributed by atoms with Crippen molar-refractivity contribution in [2.45, 2.75) is 101 Å². The Kier molecular flexibility index (Phi) is 30.4. The van der Waals surface area contributed by atoms with Gasteiger partial charge in [0.15, 0.2) is 19.7 Å². The second kappa shape index (κ2) is 38.0. The van der Waals surface area contributed by atoms with E-state index in [9.17, 15) is 38.4 Å². The Hall–Kier alpha value is -7.18. The molecule has 0 aromatic carbocycles. The van der Waals surface area contributed by atoms with Gasteiger partial charge in [-0.2, -0.15) is 0 Å². The number of hydrogen-bond acceptors (Lipinski definition) is 26. The van der Waals surface area contributed by atoms with Gasteiger partial charge in [0.2, 0.25) is 0 Å². The highest BCUT2D eigenvalue weighted by Gasteiger charge is 2.22. The Morgan fingerprint density at radius 1 is 0.414 bits per heavy atom. The van der Waals surface area contributed by atoms with Gasteiger partial charge in [-0.3, -0.25) is 38.3 Å². The average molecular weight is 1550 g/mol. The molecule has 0 aliphatic carbocycles. The third kappa shape index (κ3) is 22.4. The number of nitrogens with one attached hydrogen (secondary N) is 1.